The molecule has 3 aromatic rings. The van der Waals surface area contributed by atoms with E-state index in [2.05, 4.69) is 30.9 Å². The van der Waals surface area contributed by atoms with Gasteiger partial charge in [0.1, 0.15) is 17.5 Å². The van der Waals surface area contributed by atoms with Crippen LogP contribution in [0.5, 0.6) is 17.2 Å². The molecule has 1 saturated heterocycles. The monoisotopic (exact) mass is 502 g/mol. The third-order valence-corrected chi connectivity index (χ3v) is 5.63. The molecule has 1 aromatic carbocycles. The average Bonchev–Trinajstić information content (AvgIpc) is 2.84. The van der Waals surface area contributed by atoms with E-state index in [1.165, 1.54) is 21.3 Å². The van der Waals surface area contributed by atoms with Crippen LogP contribution in [0.15, 0.2) is 30.5 Å². The highest BCUT2D eigenvalue weighted by Gasteiger charge is 2.26. The van der Waals surface area contributed by atoms with Crippen molar-refractivity contribution < 1.29 is 18.6 Å². The molecule has 1 aliphatic rings. The summed E-state index contributed by atoms with van der Waals surface area (Å²) in [5.74, 6) is 2.33. The molecular formula is C22H25FN7O4S-. The fraction of sp³-hybridized carbons (Fsp3) is 0.364. The van der Waals surface area contributed by atoms with Gasteiger partial charge < -0.3 is 40.4 Å². The number of hydroxylamine groups is 2. The minimum Gasteiger partial charge on any atom is -0.785 e. The molecule has 0 radical (unpaired) electrons. The smallest absolute Gasteiger partial charge is 0.203 e. The second-order valence-corrected chi connectivity index (χ2v) is 8.14. The SMILES string of the molecule is COc1cc(Nc2cnc3ccc(NC(=S)NC4CCN([O-])CC4F)nc3n2)cc(OC)c1OC. The molecule has 1 aliphatic heterocycles. The van der Waals surface area contributed by atoms with Crippen LogP contribution in [0.3, 0.4) is 0 Å². The lowest BCUT2D eigenvalue weighted by molar-refractivity contribution is 0.147. The van der Waals surface area contributed by atoms with Crippen molar-refractivity contribution in [2.45, 2.75) is 18.6 Å². The molecule has 2 aromatic heterocycles. The van der Waals surface area contributed by atoms with Crippen LogP contribution in [-0.2, 0) is 0 Å². The van der Waals surface area contributed by atoms with Crippen LogP contribution in [0.4, 0.5) is 21.7 Å². The first-order valence-electron chi connectivity index (χ1n) is 10.7. The molecule has 35 heavy (non-hydrogen) atoms. The number of hydrogen-bond acceptors (Lipinski definition) is 10. The number of ether oxygens (including phenoxy) is 3. The Morgan fingerprint density at radius 2 is 1.83 bits per heavy atom. The van der Waals surface area contributed by atoms with E-state index in [4.69, 9.17) is 26.4 Å². The van der Waals surface area contributed by atoms with Crippen molar-refractivity contribution in [1.29, 1.82) is 0 Å². The summed E-state index contributed by atoms with van der Waals surface area (Å²) in [6.45, 7) is 0.0814. The summed E-state index contributed by atoms with van der Waals surface area (Å²) < 4.78 is 30.2. The lowest BCUT2D eigenvalue weighted by atomic mass is 10.1. The van der Waals surface area contributed by atoms with Crippen molar-refractivity contribution in [2.75, 3.05) is 45.1 Å². The molecule has 2 unspecified atom stereocenters. The van der Waals surface area contributed by atoms with Crippen molar-refractivity contribution in [3.63, 3.8) is 0 Å². The summed E-state index contributed by atoms with van der Waals surface area (Å²) in [5, 5.41) is 21.3. The number of aromatic nitrogens is 3. The normalized spacial score (nSPS) is 18.1. The standard InChI is InChI=1S/C22H25FN7O4S/c1-32-16-8-12(9-17(33-2)20(16)34-3)25-19-10-24-15-4-5-18(27-21(15)28-19)29-22(35)26-14-6-7-30(31)11-13(14)23/h4-5,8-10,13-14H,6-7,11H2,1-3H3,(H3,25,26,27,28,29,35)/q-1. The van der Waals surface area contributed by atoms with E-state index in [0.29, 0.717) is 57.2 Å². The first kappa shape index (κ1) is 24.6. The van der Waals surface area contributed by atoms with E-state index in [1.54, 1.807) is 30.5 Å². The fourth-order valence-electron chi connectivity index (χ4n) is 3.69. The number of methoxy groups -OCH3 is 3. The number of pyridine rings is 1. The van der Waals surface area contributed by atoms with Crippen LogP contribution in [0.2, 0.25) is 0 Å². The van der Waals surface area contributed by atoms with Crippen LogP contribution >= 0.6 is 12.2 Å². The Kier molecular flexibility index (Phi) is 7.58. The maximum Gasteiger partial charge on any atom is 0.203 e. The Labute approximate surface area is 206 Å². The minimum absolute atomic E-state index is 0.175. The molecule has 0 amide bonds. The highest BCUT2D eigenvalue weighted by Crippen LogP contribution is 2.40. The van der Waals surface area contributed by atoms with Gasteiger partial charge in [-0.05, 0) is 37.3 Å². The zero-order valence-corrected chi connectivity index (χ0v) is 20.2. The van der Waals surface area contributed by atoms with Crippen LogP contribution < -0.4 is 30.2 Å². The number of benzene rings is 1. The van der Waals surface area contributed by atoms with Crippen LogP contribution in [0, 0.1) is 5.21 Å². The van der Waals surface area contributed by atoms with Gasteiger partial charge in [0.15, 0.2) is 28.1 Å². The summed E-state index contributed by atoms with van der Waals surface area (Å²) in [6, 6.07) is 6.41. The minimum atomic E-state index is -1.31. The van der Waals surface area contributed by atoms with E-state index >= 15 is 0 Å². The zero-order chi connectivity index (χ0) is 24.9. The maximum absolute atomic E-state index is 14.1. The molecule has 186 valence electrons. The molecule has 11 nitrogen and oxygen atoms in total. The van der Waals surface area contributed by atoms with Gasteiger partial charge >= 0.3 is 0 Å². The number of rotatable bonds is 7. The van der Waals surface area contributed by atoms with Gasteiger partial charge in [-0.25, -0.2) is 19.3 Å². The number of anilines is 3. The summed E-state index contributed by atoms with van der Waals surface area (Å²) in [6.07, 6.45) is 0.635. The first-order chi connectivity index (χ1) is 16.9. The highest BCUT2D eigenvalue weighted by atomic mass is 32.1. The second-order valence-electron chi connectivity index (χ2n) is 7.73. The van der Waals surface area contributed by atoms with E-state index in [0.717, 1.165) is 0 Å². The average molecular weight is 503 g/mol. The van der Waals surface area contributed by atoms with Gasteiger partial charge in [0.2, 0.25) is 5.75 Å². The van der Waals surface area contributed by atoms with Gasteiger partial charge in [0, 0.05) is 24.4 Å². The molecule has 0 saturated carbocycles. The molecule has 4 rings (SSSR count). The second kappa shape index (κ2) is 10.8. The summed E-state index contributed by atoms with van der Waals surface area (Å²) in [5.41, 5.74) is 1.60. The van der Waals surface area contributed by atoms with E-state index in [-0.39, 0.29) is 18.2 Å². The molecule has 1 fully saturated rings. The highest BCUT2D eigenvalue weighted by molar-refractivity contribution is 7.80. The fourth-order valence-corrected chi connectivity index (χ4v) is 3.95. The number of nitrogens with one attached hydrogen (secondary N) is 3. The van der Waals surface area contributed by atoms with Crippen molar-refractivity contribution in [3.05, 3.63) is 35.7 Å². The zero-order valence-electron chi connectivity index (χ0n) is 19.4. The summed E-state index contributed by atoms with van der Waals surface area (Å²) >= 11 is 5.30. The molecule has 0 spiro atoms. The maximum atomic E-state index is 14.1. The lowest BCUT2D eigenvalue weighted by Crippen LogP contribution is -2.51. The third kappa shape index (κ3) is 5.75. The number of alkyl halides is 1. The lowest BCUT2D eigenvalue weighted by Gasteiger charge is -2.39. The number of thiocarbonyl (C=S) groups is 1. The Morgan fingerprint density at radius 3 is 2.49 bits per heavy atom. The number of hydrogen-bond donors (Lipinski definition) is 3. The van der Waals surface area contributed by atoms with E-state index < -0.39 is 12.2 Å². The predicted octanol–water partition coefficient (Wildman–Crippen LogP) is 2.99. The molecule has 2 atom stereocenters. The third-order valence-electron chi connectivity index (χ3n) is 5.41. The van der Waals surface area contributed by atoms with Gasteiger partial charge in [-0.3, -0.25) is 0 Å². The first-order valence-corrected chi connectivity index (χ1v) is 11.2. The Hall–Kier alpha value is -3.55. The molecule has 0 aliphatic carbocycles. The predicted molar refractivity (Wildman–Crippen MR) is 134 cm³/mol. The van der Waals surface area contributed by atoms with Crippen molar-refractivity contribution in [2.24, 2.45) is 0 Å². The number of halogens is 1. The number of fused-ring (bicyclic) bond motifs is 1. The summed E-state index contributed by atoms with van der Waals surface area (Å²) in [7, 11) is 4.61. The van der Waals surface area contributed by atoms with Crippen molar-refractivity contribution in [1.82, 2.24) is 25.3 Å². The Balaban J connectivity index is 1.49. The van der Waals surface area contributed by atoms with E-state index in [9.17, 15) is 9.60 Å². The Morgan fingerprint density at radius 1 is 1.11 bits per heavy atom. The van der Waals surface area contributed by atoms with Crippen molar-refractivity contribution >= 4 is 45.8 Å². The Bertz CT molecular complexity index is 1190. The van der Waals surface area contributed by atoms with Gasteiger partial charge in [-0.15, -0.1) is 0 Å². The van der Waals surface area contributed by atoms with Gasteiger partial charge in [0.05, 0.1) is 33.6 Å². The van der Waals surface area contributed by atoms with Crippen molar-refractivity contribution in [3.8, 4) is 17.2 Å². The van der Waals surface area contributed by atoms with Gasteiger partial charge in [-0.1, -0.05) is 0 Å². The molecular weight excluding hydrogens is 477 g/mol. The molecule has 0 bridgehead atoms. The largest absolute Gasteiger partial charge is 0.785 e. The quantitative estimate of drug-likeness (QED) is 0.411. The van der Waals surface area contributed by atoms with Gasteiger partial charge in [-0.2, -0.15) is 0 Å². The van der Waals surface area contributed by atoms with E-state index in [1.807, 2.05) is 0 Å². The molecule has 3 heterocycles. The van der Waals surface area contributed by atoms with Crippen LogP contribution in [0.1, 0.15) is 6.42 Å². The van der Waals surface area contributed by atoms with Crippen LogP contribution in [-0.4, -0.2) is 71.8 Å². The van der Waals surface area contributed by atoms with Gasteiger partial charge in [0.25, 0.3) is 0 Å². The number of nitrogens with zero attached hydrogens (tertiary/aromatic N) is 4. The summed E-state index contributed by atoms with van der Waals surface area (Å²) in [4.78, 5) is 13.4. The number of piperidine rings is 1. The molecule has 3 N–H and O–H groups in total. The molecule has 13 heteroatoms. The van der Waals surface area contributed by atoms with Crippen LogP contribution in [0.25, 0.3) is 11.2 Å². The topological polar surface area (TPSA) is 129 Å².